The Morgan fingerprint density at radius 3 is 2.39 bits per heavy atom. The second-order valence-corrected chi connectivity index (χ2v) is 9.97. The Bertz CT molecular complexity index is 1350. The number of anilines is 1. The highest BCUT2D eigenvalue weighted by Crippen LogP contribution is 2.45. The number of thioether (sulfide) groups is 1. The Kier molecular flexibility index (Phi) is 7.51. The molecule has 5 rings (SSSR count). The fourth-order valence-corrected chi connectivity index (χ4v) is 5.97. The van der Waals surface area contributed by atoms with Crippen LogP contribution < -0.4 is 4.90 Å². The van der Waals surface area contributed by atoms with Crippen LogP contribution in [0.1, 0.15) is 31.9 Å². The number of aliphatic imine (C=N–C) groups is 1. The summed E-state index contributed by atoms with van der Waals surface area (Å²) < 4.78 is 34.6. The van der Waals surface area contributed by atoms with Crippen molar-refractivity contribution in [2.24, 2.45) is 4.99 Å². The van der Waals surface area contributed by atoms with Crippen molar-refractivity contribution in [1.29, 1.82) is 0 Å². The van der Waals surface area contributed by atoms with E-state index in [1.165, 1.54) is 23.9 Å². The van der Waals surface area contributed by atoms with E-state index in [1.807, 2.05) is 10.3 Å². The van der Waals surface area contributed by atoms with Gasteiger partial charge >= 0.3 is 5.97 Å². The zero-order valence-corrected chi connectivity index (χ0v) is 22.0. The highest BCUT2D eigenvalue weighted by Gasteiger charge is 2.42. The van der Waals surface area contributed by atoms with Crippen molar-refractivity contribution in [1.82, 2.24) is 9.80 Å². The third kappa shape index (κ3) is 4.92. The van der Waals surface area contributed by atoms with E-state index in [1.54, 1.807) is 60.0 Å². The first-order chi connectivity index (χ1) is 18.4. The summed E-state index contributed by atoms with van der Waals surface area (Å²) in [5.41, 5.74) is 2.19. The molecule has 1 unspecified atom stereocenters. The van der Waals surface area contributed by atoms with Gasteiger partial charge in [-0.15, -0.1) is 0 Å². The number of halogens is 2. The number of piperazine rings is 1. The largest absolute Gasteiger partial charge is 0.463 e. The van der Waals surface area contributed by atoms with Gasteiger partial charge in [0.25, 0.3) is 0 Å². The van der Waals surface area contributed by atoms with E-state index in [-0.39, 0.29) is 30.3 Å². The van der Waals surface area contributed by atoms with Crippen LogP contribution in [-0.2, 0) is 14.3 Å². The van der Waals surface area contributed by atoms with Crippen molar-refractivity contribution < 1.29 is 23.1 Å². The maximum absolute atomic E-state index is 15.1. The van der Waals surface area contributed by atoms with Gasteiger partial charge in [-0.05, 0) is 37.5 Å². The zero-order chi connectivity index (χ0) is 26.8. The van der Waals surface area contributed by atoms with E-state index < -0.39 is 17.8 Å². The number of benzene rings is 2. The van der Waals surface area contributed by atoms with Gasteiger partial charge in [0.05, 0.1) is 36.0 Å². The lowest BCUT2D eigenvalue weighted by Crippen LogP contribution is -2.49. The lowest BCUT2D eigenvalue weighted by Gasteiger charge is -2.38. The topological polar surface area (TPSA) is 65.5 Å². The van der Waals surface area contributed by atoms with Crippen LogP contribution in [0.15, 0.2) is 75.9 Å². The number of amidine groups is 1. The van der Waals surface area contributed by atoms with Crippen LogP contribution in [0.25, 0.3) is 0 Å². The van der Waals surface area contributed by atoms with Crippen molar-refractivity contribution in [3.05, 3.63) is 88.1 Å². The van der Waals surface area contributed by atoms with E-state index >= 15 is 4.39 Å². The number of fused-ring (bicyclic) bond motifs is 1. The van der Waals surface area contributed by atoms with Crippen LogP contribution in [0.2, 0.25) is 0 Å². The van der Waals surface area contributed by atoms with Gasteiger partial charge in [0.1, 0.15) is 11.6 Å². The predicted octanol–water partition coefficient (Wildman–Crippen LogP) is 4.84. The van der Waals surface area contributed by atoms with Crippen molar-refractivity contribution in [3.63, 3.8) is 0 Å². The maximum Gasteiger partial charge on any atom is 0.338 e. The van der Waals surface area contributed by atoms with Crippen molar-refractivity contribution in [2.45, 2.75) is 26.3 Å². The van der Waals surface area contributed by atoms with Gasteiger partial charge in [0.15, 0.2) is 5.17 Å². The molecule has 3 aliphatic rings. The lowest BCUT2D eigenvalue weighted by molar-refractivity contribution is -0.139. The number of esters is 1. The molecule has 10 heteroatoms. The molecule has 0 spiro atoms. The molecule has 0 N–H and O–H groups in total. The molecule has 2 aromatic carbocycles. The Labute approximate surface area is 224 Å². The molecule has 1 fully saturated rings. The Morgan fingerprint density at radius 1 is 1.03 bits per heavy atom. The molecular weight excluding hydrogens is 510 g/mol. The van der Waals surface area contributed by atoms with Crippen LogP contribution in [0.3, 0.4) is 0 Å². The summed E-state index contributed by atoms with van der Waals surface area (Å²) in [6.45, 7) is 5.54. The number of amides is 1. The predicted molar refractivity (Wildman–Crippen MR) is 143 cm³/mol. The number of hydrogen-bond donors (Lipinski definition) is 0. The van der Waals surface area contributed by atoms with E-state index in [2.05, 4.69) is 4.99 Å². The molecule has 3 aliphatic heterocycles. The molecule has 0 bridgehead atoms. The third-order valence-corrected chi connectivity index (χ3v) is 7.74. The van der Waals surface area contributed by atoms with E-state index in [0.717, 1.165) is 0 Å². The van der Waals surface area contributed by atoms with Gasteiger partial charge in [0.2, 0.25) is 5.91 Å². The molecule has 38 heavy (non-hydrogen) atoms. The first-order valence-electron chi connectivity index (χ1n) is 12.5. The van der Waals surface area contributed by atoms with E-state index in [4.69, 9.17) is 4.74 Å². The molecule has 198 valence electrons. The minimum absolute atomic E-state index is 0.0613. The first kappa shape index (κ1) is 26.0. The summed E-state index contributed by atoms with van der Waals surface area (Å²) in [4.78, 5) is 36.4. The number of para-hydroxylation sites is 1. The monoisotopic (exact) mass is 538 g/mol. The molecule has 2 aromatic rings. The molecule has 0 saturated carbocycles. The van der Waals surface area contributed by atoms with Gasteiger partial charge in [-0.1, -0.05) is 42.1 Å². The Hall–Kier alpha value is -3.66. The first-order valence-corrected chi connectivity index (χ1v) is 13.4. The number of carbonyl (C=O) groups is 2. The molecular formula is C28H28F2N4O3S. The van der Waals surface area contributed by atoms with Crippen LogP contribution in [0, 0.1) is 11.6 Å². The van der Waals surface area contributed by atoms with Crippen LogP contribution >= 0.6 is 11.8 Å². The molecule has 1 amide bonds. The van der Waals surface area contributed by atoms with Gasteiger partial charge < -0.3 is 19.4 Å². The second kappa shape index (κ2) is 11.0. The second-order valence-electron chi connectivity index (χ2n) is 9.13. The summed E-state index contributed by atoms with van der Waals surface area (Å²) in [6.07, 6.45) is 0.0613. The standard InChI is InChI=1S/C28H28F2N4O3S/c1-3-37-27(36)25-18(2)31-28-34(26(25)20-8-4-5-9-21(20)29)19(17-38-28)16-24(35)33-14-12-32(13-15-33)23-11-7-6-10-22(23)30/h4-11,17,26H,3,12-16H2,1-2H3. The summed E-state index contributed by atoms with van der Waals surface area (Å²) in [7, 11) is 0. The zero-order valence-electron chi connectivity index (χ0n) is 21.2. The van der Waals surface area contributed by atoms with Crippen molar-refractivity contribution in [2.75, 3.05) is 37.7 Å². The Morgan fingerprint density at radius 2 is 1.71 bits per heavy atom. The summed E-state index contributed by atoms with van der Waals surface area (Å²) in [5.74, 6) is -1.40. The fraction of sp³-hybridized carbons (Fsp3) is 0.321. The molecule has 0 radical (unpaired) electrons. The van der Waals surface area contributed by atoms with Gasteiger partial charge in [-0.25, -0.2) is 18.6 Å². The quantitative estimate of drug-likeness (QED) is 0.491. The van der Waals surface area contributed by atoms with Crippen LogP contribution in [-0.4, -0.2) is 59.6 Å². The van der Waals surface area contributed by atoms with Crippen LogP contribution in [0.5, 0.6) is 0 Å². The van der Waals surface area contributed by atoms with E-state index in [0.29, 0.717) is 54.0 Å². The van der Waals surface area contributed by atoms with Gasteiger partial charge in [-0.3, -0.25) is 4.79 Å². The minimum Gasteiger partial charge on any atom is -0.463 e. The number of hydrogen-bond acceptors (Lipinski definition) is 7. The molecule has 7 nitrogen and oxygen atoms in total. The van der Waals surface area contributed by atoms with Crippen LogP contribution in [0.4, 0.5) is 14.5 Å². The average Bonchev–Trinajstić information content (AvgIpc) is 3.30. The third-order valence-electron chi connectivity index (χ3n) is 6.85. The summed E-state index contributed by atoms with van der Waals surface area (Å²) in [6, 6.07) is 12.1. The average molecular weight is 539 g/mol. The lowest BCUT2D eigenvalue weighted by atomic mass is 9.93. The normalized spacial score (nSPS) is 19.3. The highest BCUT2D eigenvalue weighted by atomic mass is 32.2. The van der Waals surface area contributed by atoms with E-state index in [9.17, 15) is 14.0 Å². The smallest absolute Gasteiger partial charge is 0.338 e. The minimum atomic E-state index is -0.810. The number of nitrogens with zero attached hydrogens (tertiary/aromatic N) is 4. The number of carbonyl (C=O) groups excluding carboxylic acids is 2. The molecule has 3 heterocycles. The number of rotatable bonds is 6. The molecule has 0 aromatic heterocycles. The highest BCUT2D eigenvalue weighted by molar-refractivity contribution is 8.16. The van der Waals surface area contributed by atoms with Crippen molar-refractivity contribution >= 4 is 34.5 Å². The Balaban J connectivity index is 1.36. The maximum atomic E-state index is 15.1. The molecule has 1 atom stereocenters. The fourth-order valence-electron chi connectivity index (χ4n) is 5.00. The summed E-state index contributed by atoms with van der Waals surface area (Å²) >= 11 is 1.34. The van der Waals surface area contributed by atoms with Gasteiger partial charge in [-0.2, -0.15) is 0 Å². The number of allylic oxidation sites excluding steroid dienone is 1. The molecule has 0 aliphatic carbocycles. The SMILES string of the molecule is CCOC(=O)C1=C(C)N=C2SC=C(CC(=O)N3CCN(c4ccccc4F)CC3)N2C1c1ccccc1F. The summed E-state index contributed by atoms with van der Waals surface area (Å²) in [5, 5.41) is 2.41. The van der Waals surface area contributed by atoms with Crippen molar-refractivity contribution in [3.8, 4) is 0 Å². The molecule has 1 saturated heterocycles. The number of ether oxygens (including phenoxy) is 1. The van der Waals surface area contributed by atoms with Gasteiger partial charge in [0, 0.05) is 37.4 Å².